The molecule has 1 aromatic rings. The maximum absolute atomic E-state index is 5.70. The third-order valence-corrected chi connectivity index (χ3v) is 1.41. The highest BCUT2D eigenvalue weighted by molar-refractivity contribution is 6.30. The highest BCUT2D eigenvalue weighted by Crippen LogP contribution is 2.00. The minimum absolute atomic E-state index is 0.791. The Morgan fingerprint density at radius 3 is 2.89 bits per heavy atom. The first kappa shape index (κ1) is 6.56. The van der Waals surface area contributed by atoms with Gasteiger partial charge in [0.05, 0.1) is 0 Å². The molecule has 0 atom stereocenters. The molecular formula is C7H9ClN+. The van der Waals surface area contributed by atoms with Crippen LogP contribution < -0.4 is 4.57 Å². The van der Waals surface area contributed by atoms with Gasteiger partial charge in [-0.25, -0.2) is 4.57 Å². The van der Waals surface area contributed by atoms with Crippen LogP contribution in [0, 0.1) is 0 Å². The second-order valence-electron chi connectivity index (χ2n) is 1.85. The van der Waals surface area contributed by atoms with Gasteiger partial charge in [0, 0.05) is 6.07 Å². The van der Waals surface area contributed by atoms with E-state index in [-0.39, 0.29) is 0 Å². The molecule has 0 aromatic carbocycles. The molecule has 0 radical (unpaired) electrons. The summed E-state index contributed by atoms with van der Waals surface area (Å²) in [5.74, 6) is 0. The Morgan fingerprint density at radius 2 is 2.44 bits per heavy atom. The predicted octanol–water partition coefficient (Wildman–Crippen LogP) is 1.65. The van der Waals surface area contributed by atoms with Gasteiger partial charge in [-0.2, -0.15) is 0 Å². The number of nitrogens with zero attached hydrogens (tertiary/aromatic N) is 1. The molecular weight excluding hydrogens is 134 g/mol. The van der Waals surface area contributed by atoms with Crippen LogP contribution in [0.2, 0.25) is 5.02 Å². The number of halogens is 1. The number of aromatic nitrogens is 1. The average Bonchev–Trinajstić information content (AvgIpc) is 1.88. The van der Waals surface area contributed by atoms with E-state index in [1.54, 1.807) is 0 Å². The van der Waals surface area contributed by atoms with Crippen molar-refractivity contribution in [3.05, 3.63) is 29.5 Å². The van der Waals surface area contributed by atoms with Gasteiger partial charge in [0.15, 0.2) is 12.4 Å². The first-order valence-corrected chi connectivity index (χ1v) is 3.35. The van der Waals surface area contributed by atoms with E-state index in [9.17, 15) is 0 Å². The molecule has 2 heteroatoms. The molecule has 0 fully saturated rings. The maximum Gasteiger partial charge on any atom is 0.187 e. The van der Waals surface area contributed by atoms with E-state index < -0.39 is 0 Å². The fraction of sp³-hybridized carbons (Fsp3) is 0.286. The van der Waals surface area contributed by atoms with Crippen molar-refractivity contribution in [1.29, 1.82) is 0 Å². The zero-order valence-corrected chi connectivity index (χ0v) is 6.10. The van der Waals surface area contributed by atoms with Gasteiger partial charge in [0.25, 0.3) is 0 Å². The van der Waals surface area contributed by atoms with Crippen LogP contribution >= 0.6 is 11.6 Å². The maximum atomic E-state index is 5.70. The normalized spacial score (nSPS) is 9.56. The Bertz CT molecular complexity index is 198. The molecule has 0 saturated heterocycles. The lowest BCUT2D eigenvalue weighted by molar-refractivity contribution is -0.693. The Morgan fingerprint density at radius 1 is 1.67 bits per heavy atom. The lowest BCUT2D eigenvalue weighted by Gasteiger charge is -1.88. The molecule has 0 bridgehead atoms. The molecule has 1 aromatic heterocycles. The Kier molecular flexibility index (Phi) is 2.06. The summed E-state index contributed by atoms with van der Waals surface area (Å²) in [5.41, 5.74) is 0. The summed E-state index contributed by atoms with van der Waals surface area (Å²) in [6, 6.07) is 3.81. The quantitative estimate of drug-likeness (QED) is 0.525. The standard InChI is InChI=1S/C7H9ClN/c1-2-9-5-3-4-7(8)6-9/h3-6H,2H2,1H3/q+1. The third-order valence-electron chi connectivity index (χ3n) is 1.19. The molecule has 1 rings (SSSR count). The fourth-order valence-corrected chi connectivity index (χ4v) is 0.885. The first-order valence-electron chi connectivity index (χ1n) is 2.97. The summed E-state index contributed by atoms with van der Waals surface area (Å²) in [6.45, 7) is 3.05. The largest absolute Gasteiger partial charge is 0.204 e. The molecule has 9 heavy (non-hydrogen) atoms. The van der Waals surface area contributed by atoms with Crippen molar-refractivity contribution < 1.29 is 4.57 Å². The van der Waals surface area contributed by atoms with Crippen LogP contribution in [0.4, 0.5) is 0 Å². The van der Waals surface area contributed by atoms with Gasteiger partial charge >= 0.3 is 0 Å². The van der Waals surface area contributed by atoms with Gasteiger partial charge in [-0.1, -0.05) is 11.6 Å². The first-order chi connectivity index (χ1) is 4.33. The minimum atomic E-state index is 0.791. The molecule has 0 aliphatic rings. The molecule has 0 aliphatic heterocycles. The van der Waals surface area contributed by atoms with Crippen LogP contribution in [0.5, 0.6) is 0 Å². The van der Waals surface area contributed by atoms with E-state index >= 15 is 0 Å². The third kappa shape index (κ3) is 1.68. The molecule has 1 nitrogen and oxygen atoms in total. The Labute approximate surface area is 59.9 Å². The minimum Gasteiger partial charge on any atom is -0.204 e. The second kappa shape index (κ2) is 2.83. The van der Waals surface area contributed by atoms with E-state index in [4.69, 9.17) is 11.6 Å². The molecule has 1 heterocycles. The summed E-state index contributed by atoms with van der Waals surface area (Å²) in [6.07, 6.45) is 3.90. The Hall–Kier alpha value is -0.560. The number of hydrogen-bond donors (Lipinski definition) is 0. The van der Waals surface area contributed by atoms with Crippen molar-refractivity contribution in [2.45, 2.75) is 13.5 Å². The highest BCUT2D eigenvalue weighted by Gasteiger charge is 1.94. The number of aryl methyl sites for hydroxylation is 1. The predicted molar refractivity (Wildman–Crippen MR) is 37.3 cm³/mol. The van der Waals surface area contributed by atoms with Crippen LogP contribution in [-0.2, 0) is 6.54 Å². The SMILES string of the molecule is CC[n+]1cccc(Cl)c1. The zero-order chi connectivity index (χ0) is 6.69. The molecule has 0 unspecified atom stereocenters. The van der Waals surface area contributed by atoms with E-state index in [1.807, 2.05) is 29.1 Å². The van der Waals surface area contributed by atoms with Gasteiger partial charge in [0.2, 0.25) is 0 Å². The summed E-state index contributed by atoms with van der Waals surface area (Å²) in [7, 11) is 0. The molecule has 0 saturated carbocycles. The summed E-state index contributed by atoms with van der Waals surface area (Å²) < 4.78 is 2.03. The molecule has 0 spiro atoms. The molecule has 0 N–H and O–H groups in total. The molecule has 0 aliphatic carbocycles. The van der Waals surface area contributed by atoms with Gasteiger partial charge in [-0.05, 0) is 13.0 Å². The second-order valence-corrected chi connectivity index (χ2v) is 2.29. The van der Waals surface area contributed by atoms with Crippen LogP contribution in [0.25, 0.3) is 0 Å². The van der Waals surface area contributed by atoms with Crippen molar-refractivity contribution in [2.75, 3.05) is 0 Å². The summed E-state index contributed by atoms with van der Waals surface area (Å²) >= 11 is 5.70. The molecule has 0 amide bonds. The fourth-order valence-electron chi connectivity index (χ4n) is 0.687. The summed E-state index contributed by atoms with van der Waals surface area (Å²) in [5, 5.41) is 0.791. The van der Waals surface area contributed by atoms with E-state index in [1.165, 1.54) is 0 Å². The zero-order valence-electron chi connectivity index (χ0n) is 5.34. The van der Waals surface area contributed by atoms with Crippen LogP contribution in [0.1, 0.15) is 6.92 Å². The topological polar surface area (TPSA) is 3.88 Å². The number of pyridine rings is 1. The lowest BCUT2D eigenvalue weighted by Crippen LogP contribution is -2.30. The van der Waals surface area contributed by atoms with Gasteiger partial charge in [-0.15, -0.1) is 0 Å². The van der Waals surface area contributed by atoms with Crippen molar-refractivity contribution in [1.82, 2.24) is 0 Å². The molecule has 48 valence electrons. The highest BCUT2D eigenvalue weighted by atomic mass is 35.5. The van der Waals surface area contributed by atoms with Gasteiger partial charge in [0.1, 0.15) is 11.6 Å². The van der Waals surface area contributed by atoms with Crippen molar-refractivity contribution in [2.24, 2.45) is 0 Å². The van der Waals surface area contributed by atoms with Crippen molar-refractivity contribution in [3.63, 3.8) is 0 Å². The average molecular weight is 143 g/mol. The van der Waals surface area contributed by atoms with Crippen LogP contribution in [-0.4, -0.2) is 0 Å². The lowest BCUT2D eigenvalue weighted by atomic mass is 10.5. The van der Waals surface area contributed by atoms with Gasteiger partial charge in [-0.3, -0.25) is 0 Å². The van der Waals surface area contributed by atoms with Crippen LogP contribution in [0.15, 0.2) is 24.5 Å². The Balaban J connectivity index is 2.94. The van der Waals surface area contributed by atoms with Crippen molar-refractivity contribution in [3.8, 4) is 0 Å². The van der Waals surface area contributed by atoms with E-state index in [0.717, 1.165) is 11.6 Å². The number of rotatable bonds is 1. The van der Waals surface area contributed by atoms with E-state index in [0.29, 0.717) is 0 Å². The van der Waals surface area contributed by atoms with Crippen LogP contribution in [0.3, 0.4) is 0 Å². The van der Waals surface area contributed by atoms with Crippen molar-refractivity contribution >= 4 is 11.6 Å². The van der Waals surface area contributed by atoms with E-state index in [2.05, 4.69) is 6.92 Å². The smallest absolute Gasteiger partial charge is 0.187 e. The monoisotopic (exact) mass is 142 g/mol. The number of hydrogen-bond acceptors (Lipinski definition) is 0. The van der Waals surface area contributed by atoms with Gasteiger partial charge < -0.3 is 0 Å². The summed E-state index contributed by atoms with van der Waals surface area (Å²) in [4.78, 5) is 0.